The fourth-order valence-corrected chi connectivity index (χ4v) is 4.48. The summed E-state index contributed by atoms with van der Waals surface area (Å²) < 4.78 is 36.9. The smallest absolute Gasteiger partial charge is 0.339 e. The Kier molecular flexibility index (Phi) is 8.39. The number of anilines is 1. The second kappa shape index (κ2) is 10.6. The molecule has 10 heteroatoms. The van der Waals surface area contributed by atoms with Crippen LogP contribution in [0.3, 0.4) is 0 Å². The molecular weight excluding hydrogens is 476 g/mol. The predicted octanol–water partition coefficient (Wildman–Crippen LogP) is 3.28. The second-order valence-electron chi connectivity index (χ2n) is 6.08. The monoisotopic (exact) mass is 498 g/mol. The van der Waals surface area contributed by atoms with E-state index in [-0.39, 0.29) is 10.5 Å². The number of carbonyl (C=O) groups is 2. The largest absolute Gasteiger partial charge is 0.497 e. The molecule has 0 saturated heterocycles. The molecule has 0 aliphatic rings. The van der Waals surface area contributed by atoms with Gasteiger partial charge in [0.1, 0.15) is 5.75 Å². The van der Waals surface area contributed by atoms with E-state index in [4.69, 9.17) is 9.47 Å². The van der Waals surface area contributed by atoms with E-state index in [2.05, 4.69) is 21.2 Å². The van der Waals surface area contributed by atoms with E-state index in [9.17, 15) is 18.0 Å². The Morgan fingerprint density at radius 1 is 1.07 bits per heavy atom. The van der Waals surface area contributed by atoms with Crippen LogP contribution >= 0.6 is 15.9 Å². The maximum absolute atomic E-state index is 12.5. The number of benzene rings is 2. The average molecular weight is 499 g/mol. The van der Waals surface area contributed by atoms with Gasteiger partial charge in [-0.25, -0.2) is 13.2 Å². The van der Waals surface area contributed by atoms with Crippen LogP contribution in [0.25, 0.3) is 0 Å². The molecule has 2 rings (SSSR count). The number of esters is 1. The summed E-state index contributed by atoms with van der Waals surface area (Å²) in [7, 11) is -2.10. The number of halogens is 1. The fraction of sp³-hybridized carbons (Fsp3) is 0.300. The Hall–Kier alpha value is -2.43. The highest BCUT2D eigenvalue weighted by molar-refractivity contribution is 9.10. The van der Waals surface area contributed by atoms with Crippen molar-refractivity contribution in [2.24, 2.45) is 0 Å². The molecule has 1 amide bonds. The first kappa shape index (κ1) is 23.8. The van der Waals surface area contributed by atoms with Crippen molar-refractivity contribution in [3.63, 3.8) is 0 Å². The number of hydrogen-bond donors (Lipinski definition) is 1. The lowest BCUT2D eigenvalue weighted by Crippen LogP contribution is -2.30. The molecule has 0 aliphatic carbocycles. The lowest BCUT2D eigenvalue weighted by atomic mass is 10.2. The molecule has 1 N–H and O–H groups in total. The number of nitrogens with zero attached hydrogens (tertiary/aromatic N) is 1. The van der Waals surface area contributed by atoms with Crippen LogP contribution in [0.15, 0.2) is 51.8 Å². The zero-order chi connectivity index (χ0) is 22.3. The van der Waals surface area contributed by atoms with Gasteiger partial charge in [0.2, 0.25) is 10.0 Å². The number of amides is 1. The summed E-state index contributed by atoms with van der Waals surface area (Å²) in [6.45, 7) is 3.77. The van der Waals surface area contributed by atoms with Crippen molar-refractivity contribution in [1.82, 2.24) is 4.31 Å². The SMILES string of the molecule is CCN(CC)S(=O)(=O)c1ccc(NC(=O)COC(=O)c2cc(OC)ccc2Br)cc1. The van der Waals surface area contributed by atoms with E-state index in [1.807, 2.05) is 0 Å². The van der Waals surface area contributed by atoms with Gasteiger partial charge >= 0.3 is 5.97 Å². The maximum atomic E-state index is 12.5. The third-order valence-corrected chi connectivity index (χ3v) is 6.96. The minimum atomic E-state index is -3.57. The molecular formula is C20H23BrN2O6S. The topological polar surface area (TPSA) is 102 Å². The van der Waals surface area contributed by atoms with Crippen molar-refractivity contribution in [2.45, 2.75) is 18.7 Å². The Bertz CT molecular complexity index is 1000. The zero-order valence-corrected chi connectivity index (χ0v) is 19.2. The molecule has 0 saturated carbocycles. The van der Waals surface area contributed by atoms with Crippen LogP contribution in [0.1, 0.15) is 24.2 Å². The molecule has 2 aromatic carbocycles. The maximum Gasteiger partial charge on any atom is 0.339 e. The molecule has 0 aliphatic heterocycles. The molecule has 0 aromatic heterocycles. The molecule has 0 bridgehead atoms. The summed E-state index contributed by atoms with van der Waals surface area (Å²) in [5.41, 5.74) is 0.616. The van der Waals surface area contributed by atoms with Gasteiger partial charge in [0.25, 0.3) is 5.91 Å². The van der Waals surface area contributed by atoms with E-state index in [1.165, 1.54) is 41.7 Å². The summed E-state index contributed by atoms with van der Waals surface area (Å²) in [6.07, 6.45) is 0. The third kappa shape index (κ3) is 5.80. The van der Waals surface area contributed by atoms with Crippen LogP contribution < -0.4 is 10.1 Å². The van der Waals surface area contributed by atoms with Gasteiger partial charge in [-0.2, -0.15) is 4.31 Å². The molecule has 0 heterocycles. The molecule has 8 nitrogen and oxygen atoms in total. The van der Waals surface area contributed by atoms with Crippen molar-refractivity contribution in [3.8, 4) is 5.75 Å². The predicted molar refractivity (Wildman–Crippen MR) is 116 cm³/mol. The summed E-state index contributed by atoms with van der Waals surface area (Å²) in [5.74, 6) is -0.757. The summed E-state index contributed by atoms with van der Waals surface area (Å²) in [6, 6.07) is 10.6. The molecule has 0 fully saturated rings. The Morgan fingerprint density at radius 3 is 2.27 bits per heavy atom. The molecule has 2 aromatic rings. The number of hydrogen-bond acceptors (Lipinski definition) is 6. The third-order valence-electron chi connectivity index (χ3n) is 4.21. The van der Waals surface area contributed by atoms with Gasteiger partial charge in [-0.15, -0.1) is 0 Å². The average Bonchev–Trinajstić information content (AvgIpc) is 2.73. The first-order valence-corrected chi connectivity index (χ1v) is 11.4. The molecule has 162 valence electrons. The minimum absolute atomic E-state index is 0.138. The Balaban J connectivity index is 1.98. The number of nitrogens with one attached hydrogen (secondary N) is 1. The van der Waals surface area contributed by atoms with Crippen molar-refractivity contribution < 1.29 is 27.5 Å². The molecule has 0 spiro atoms. The summed E-state index contributed by atoms with van der Waals surface area (Å²) >= 11 is 3.25. The quantitative estimate of drug-likeness (QED) is 0.532. The molecule has 0 atom stereocenters. The lowest BCUT2D eigenvalue weighted by Gasteiger charge is -2.18. The highest BCUT2D eigenvalue weighted by Crippen LogP contribution is 2.23. The van der Waals surface area contributed by atoms with Gasteiger partial charge in [0.05, 0.1) is 17.6 Å². The van der Waals surface area contributed by atoms with Crippen LogP contribution in [0.5, 0.6) is 5.75 Å². The van der Waals surface area contributed by atoms with E-state index < -0.39 is 28.5 Å². The van der Waals surface area contributed by atoms with E-state index >= 15 is 0 Å². The number of sulfonamides is 1. The number of rotatable bonds is 9. The van der Waals surface area contributed by atoms with Crippen LogP contribution in [0, 0.1) is 0 Å². The number of methoxy groups -OCH3 is 1. The van der Waals surface area contributed by atoms with Crippen LogP contribution in [-0.4, -0.2) is 51.4 Å². The van der Waals surface area contributed by atoms with Gasteiger partial charge in [0, 0.05) is 23.2 Å². The lowest BCUT2D eigenvalue weighted by molar-refractivity contribution is -0.119. The normalized spacial score (nSPS) is 11.2. The van der Waals surface area contributed by atoms with Crippen LogP contribution in [-0.2, 0) is 19.6 Å². The van der Waals surface area contributed by atoms with Crippen molar-refractivity contribution in [3.05, 3.63) is 52.5 Å². The zero-order valence-electron chi connectivity index (χ0n) is 16.8. The molecule has 0 unspecified atom stereocenters. The summed E-state index contributed by atoms with van der Waals surface area (Å²) in [5, 5.41) is 2.56. The number of ether oxygens (including phenoxy) is 2. The van der Waals surface area contributed by atoms with Crippen molar-refractivity contribution in [2.75, 3.05) is 32.1 Å². The van der Waals surface area contributed by atoms with Crippen molar-refractivity contribution >= 4 is 43.5 Å². The van der Waals surface area contributed by atoms with Gasteiger partial charge < -0.3 is 14.8 Å². The number of carbonyl (C=O) groups excluding carboxylic acids is 2. The van der Waals surface area contributed by atoms with Crippen LogP contribution in [0.2, 0.25) is 0 Å². The highest BCUT2D eigenvalue weighted by Gasteiger charge is 2.21. The van der Waals surface area contributed by atoms with Gasteiger partial charge in [-0.05, 0) is 58.4 Å². The molecule has 0 radical (unpaired) electrons. The Morgan fingerprint density at radius 2 is 1.70 bits per heavy atom. The van der Waals surface area contributed by atoms with Gasteiger partial charge in [-0.1, -0.05) is 13.8 Å². The Labute approximate surface area is 184 Å². The fourth-order valence-electron chi connectivity index (χ4n) is 2.62. The first-order chi connectivity index (χ1) is 14.2. The summed E-state index contributed by atoms with van der Waals surface area (Å²) in [4.78, 5) is 24.4. The molecule has 30 heavy (non-hydrogen) atoms. The standard InChI is InChI=1S/C20H23BrN2O6S/c1-4-23(5-2)30(26,27)16-9-6-14(7-10-16)22-19(24)13-29-20(25)17-12-15(28-3)8-11-18(17)21/h6-12H,4-5,13H2,1-3H3,(H,22,24). The van der Waals surface area contributed by atoms with Crippen LogP contribution in [0.4, 0.5) is 5.69 Å². The van der Waals surface area contributed by atoms with Crippen molar-refractivity contribution in [1.29, 1.82) is 0 Å². The van der Waals surface area contributed by atoms with E-state index in [0.29, 0.717) is 29.0 Å². The highest BCUT2D eigenvalue weighted by atomic mass is 79.9. The van der Waals surface area contributed by atoms with E-state index in [1.54, 1.807) is 26.0 Å². The van der Waals surface area contributed by atoms with E-state index in [0.717, 1.165) is 0 Å². The second-order valence-corrected chi connectivity index (χ2v) is 8.88. The minimum Gasteiger partial charge on any atom is -0.497 e. The van der Waals surface area contributed by atoms with Gasteiger partial charge in [0.15, 0.2) is 6.61 Å². The van der Waals surface area contributed by atoms with Gasteiger partial charge in [-0.3, -0.25) is 4.79 Å². The first-order valence-electron chi connectivity index (χ1n) is 9.13.